The Kier molecular flexibility index (Phi) is 4.12. The molecule has 2 aliphatic rings. The van der Waals surface area contributed by atoms with Gasteiger partial charge in [0.05, 0.1) is 11.0 Å². The first-order valence-corrected chi connectivity index (χ1v) is 7.78. The molecule has 0 radical (unpaired) electrons. The lowest BCUT2D eigenvalue weighted by Crippen LogP contribution is -2.49. The third-order valence-corrected chi connectivity index (χ3v) is 4.52. The molecule has 1 atom stereocenters. The van der Waals surface area contributed by atoms with Crippen molar-refractivity contribution in [1.29, 1.82) is 5.26 Å². The molecule has 1 aromatic carbocycles. The molecule has 2 aliphatic heterocycles. The number of nitrogens with zero attached hydrogens (tertiary/aromatic N) is 4. The molecule has 24 heavy (non-hydrogen) atoms. The molecule has 3 rings (SSSR count). The first-order valence-electron chi connectivity index (χ1n) is 7.78. The monoisotopic (exact) mass is 330 g/mol. The molecule has 2 amide bonds. The second kappa shape index (κ2) is 6.23. The number of rotatable bonds is 3. The Morgan fingerprint density at radius 3 is 2.83 bits per heavy atom. The van der Waals surface area contributed by atoms with Gasteiger partial charge in [0, 0.05) is 31.9 Å². The van der Waals surface area contributed by atoms with Crippen molar-refractivity contribution in [3.63, 3.8) is 0 Å². The maximum atomic E-state index is 11.8. The Hall–Kier alpha value is -3.02. The van der Waals surface area contributed by atoms with Crippen LogP contribution in [-0.4, -0.2) is 48.1 Å². The lowest BCUT2D eigenvalue weighted by Gasteiger charge is -2.38. The van der Waals surface area contributed by atoms with Gasteiger partial charge in [0.25, 0.3) is 0 Å². The van der Waals surface area contributed by atoms with Crippen molar-refractivity contribution >= 4 is 23.1 Å². The van der Waals surface area contributed by atoms with Crippen LogP contribution in [0.5, 0.6) is 0 Å². The predicted molar refractivity (Wildman–Crippen MR) is 87.6 cm³/mol. The number of nitro groups is 1. The van der Waals surface area contributed by atoms with Crippen LogP contribution in [0, 0.1) is 21.4 Å². The average molecular weight is 330 g/mol. The highest BCUT2D eigenvalue weighted by molar-refractivity contribution is 5.77. The van der Waals surface area contributed by atoms with E-state index < -0.39 is 4.92 Å². The van der Waals surface area contributed by atoms with Gasteiger partial charge in [-0.1, -0.05) is 0 Å². The van der Waals surface area contributed by atoms with Gasteiger partial charge in [-0.15, -0.1) is 0 Å². The number of nitro benzene ring substituents is 1. The van der Waals surface area contributed by atoms with Crippen molar-refractivity contribution in [2.75, 3.05) is 36.8 Å². The number of carbonyl (C=O) groups is 1. The first-order chi connectivity index (χ1) is 11.5. The molecule has 0 spiro atoms. The lowest BCUT2D eigenvalue weighted by atomic mass is 10.0. The fraction of sp³-hybridized carbons (Fsp3) is 0.467. The summed E-state index contributed by atoms with van der Waals surface area (Å²) >= 11 is 0. The summed E-state index contributed by atoms with van der Waals surface area (Å²) in [5.74, 6) is 0. The minimum Gasteiger partial charge on any atom is -0.393 e. The van der Waals surface area contributed by atoms with Crippen molar-refractivity contribution in [1.82, 2.24) is 10.2 Å². The van der Waals surface area contributed by atoms with Crippen molar-refractivity contribution in [3.05, 3.63) is 27.8 Å². The minimum absolute atomic E-state index is 0.0184. The van der Waals surface area contributed by atoms with E-state index in [1.165, 1.54) is 12.1 Å². The average Bonchev–Trinajstić information content (AvgIpc) is 2.99. The summed E-state index contributed by atoms with van der Waals surface area (Å²) in [6.07, 6.45) is 1.81. The number of piperidine rings is 1. The quantitative estimate of drug-likeness (QED) is 0.484. The molecule has 1 unspecified atom stereocenters. The Morgan fingerprint density at radius 2 is 2.21 bits per heavy atom. The van der Waals surface area contributed by atoms with Crippen LogP contribution in [0.2, 0.25) is 0 Å². The summed E-state index contributed by atoms with van der Waals surface area (Å²) in [6.45, 7) is 2.71. The summed E-state index contributed by atoms with van der Waals surface area (Å²) in [5, 5.41) is 23.0. The van der Waals surface area contributed by atoms with Crippen molar-refractivity contribution < 1.29 is 9.72 Å². The van der Waals surface area contributed by atoms with Gasteiger partial charge in [0.1, 0.15) is 17.3 Å². The number of nitrogens with one attached hydrogen (secondary N) is 1. The van der Waals surface area contributed by atoms with E-state index in [1.54, 1.807) is 0 Å². The SMILES string of the molecule is N#Cc1cc(N2CCCC(N3CCNC3=O)C2)cc(N)c1[N+](=O)[O-]. The van der Waals surface area contributed by atoms with E-state index in [0.717, 1.165) is 19.4 Å². The van der Waals surface area contributed by atoms with Gasteiger partial charge >= 0.3 is 11.7 Å². The number of nitrogens with two attached hydrogens (primary N) is 1. The van der Waals surface area contributed by atoms with Crippen LogP contribution < -0.4 is 16.0 Å². The maximum absolute atomic E-state index is 11.8. The zero-order valence-electron chi connectivity index (χ0n) is 13.1. The summed E-state index contributed by atoms with van der Waals surface area (Å²) in [4.78, 5) is 26.1. The number of nitriles is 1. The molecule has 0 saturated carbocycles. The fourth-order valence-corrected chi connectivity index (χ4v) is 3.39. The number of urea groups is 1. The second-order valence-electron chi connectivity index (χ2n) is 5.97. The molecule has 2 fully saturated rings. The minimum atomic E-state index is -0.634. The smallest absolute Gasteiger partial charge is 0.317 e. The van der Waals surface area contributed by atoms with Crippen LogP contribution in [-0.2, 0) is 0 Å². The van der Waals surface area contributed by atoms with E-state index in [-0.39, 0.29) is 29.0 Å². The largest absolute Gasteiger partial charge is 0.393 e. The van der Waals surface area contributed by atoms with Gasteiger partial charge in [-0.05, 0) is 25.0 Å². The van der Waals surface area contributed by atoms with E-state index in [4.69, 9.17) is 5.73 Å². The highest BCUT2D eigenvalue weighted by atomic mass is 16.6. The summed E-state index contributed by atoms with van der Waals surface area (Å²) in [5.41, 5.74) is 6.05. The molecular weight excluding hydrogens is 312 g/mol. The molecule has 9 nitrogen and oxygen atoms in total. The Bertz CT molecular complexity index is 729. The standard InChI is InChI=1S/C15H18N6O3/c16-8-10-6-12(7-13(17)14(10)21(23)24)19-4-1-2-11(9-19)20-5-3-18-15(20)22/h6-7,11H,1-5,9,17H2,(H,18,22). The van der Waals surface area contributed by atoms with Crippen molar-refractivity contribution in [2.45, 2.75) is 18.9 Å². The molecule has 9 heteroatoms. The molecule has 0 aliphatic carbocycles. The molecule has 1 aromatic rings. The Morgan fingerprint density at radius 1 is 1.42 bits per heavy atom. The van der Waals surface area contributed by atoms with E-state index in [1.807, 2.05) is 15.9 Å². The number of amides is 2. The molecule has 3 N–H and O–H groups in total. The van der Waals surface area contributed by atoms with Crippen LogP contribution in [0.1, 0.15) is 18.4 Å². The maximum Gasteiger partial charge on any atom is 0.317 e. The normalized spacial score (nSPS) is 20.6. The van der Waals surface area contributed by atoms with Gasteiger partial charge in [0.2, 0.25) is 0 Å². The van der Waals surface area contributed by atoms with Crippen molar-refractivity contribution in [2.24, 2.45) is 0 Å². The molecular formula is C15H18N6O3. The predicted octanol–water partition coefficient (Wildman–Crippen LogP) is 1.04. The zero-order chi connectivity index (χ0) is 17.3. The number of hydrogen-bond acceptors (Lipinski definition) is 6. The summed E-state index contributed by atoms with van der Waals surface area (Å²) in [6, 6.07) is 4.92. The van der Waals surface area contributed by atoms with E-state index >= 15 is 0 Å². The van der Waals surface area contributed by atoms with Gasteiger partial charge in [-0.3, -0.25) is 10.1 Å². The number of carbonyl (C=O) groups excluding carboxylic acids is 1. The fourth-order valence-electron chi connectivity index (χ4n) is 3.39. The van der Waals surface area contributed by atoms with E-state index in [9.17, 15) is 20.2 Å². The Labute approximate surface area is 138 Å². The van der Waals surface area contributed by atoms with Crippen LogP contribution in [0.4, 0.5) is 21.9 Å². The number of anilines is 2. The molecule has 2 saturated heterocycles. The third-order valence-electron chi connectivity index (χ3n) is 4.52. The number of benzene rings is 1. The third kappa shape index (κ3) is 2.78. The highest BCUT2D eigenvalue weighted by Gasteiger charge is 2.32. The van der Waals surface area contributed by atoms with Gasteiger partial charge in [-0.2, -0.15) is 5.26 Å². The summed E-state index contributed by atoms with van der Waals surface area (Å²) in [7, 11) is 0. The van der Waals surface area contributed by atoms with E-state index in [2.05, 4.69) is 5.32 Å². The highest BCUT2D eigenvalue weighted by Crippen LogP contribution is 2.33. The second-order valence-corrected chi connectivity index (χ2v) is 5.97. The van der Waals surface area contributed by atoms with Crippen LogP contribution in [0.15, 0.2) is 12.1 Å². The zero-order valence-corrected chi connectivity index (χ0v) is 13.1. The molecule has 126 valence electrons. The molecule has 0 bridgehead atoms. The molecule has 0 aromatic heterocycles. The van der Waals surface area contributed by atoms with Crippen LogP contribution in [0.3, 0.4) is 0 Å². The number of hydrogen-bond donors (Lipinski definition) is 2. The van der Waals surface area contributed by atoms with Crippen LogP contribution in [0.25, 0.3) is 0 Å². The first kappa shape index (κ1) is 15.9. The lowest BCUT2D eigenvalue weighted by molar-refractivity contribution is -0.384. The summed E-state index contributed by atoms with van der Waals surface area (Å²) < 4.78 is 0. The van der Waals surface area contributed by atoms with E-state index in [0.29, 0.717) is 25.3 Å². The van der Waals surface area contributed by atoms with Gasteiger partial charge in [0.15, 0.2) is 0 Å². The van der Waals surface area contributed by atoms with Crippen molar-refractivity contribution in [3.8, 4) is 6.07 Å². The Balaban J connectivity index is 1.86. The molecule has 2 heterocycles. The van der Waals surface area contributed by atoms with Gasteiger partial charge in [-0.25, -0.2) is 4.79 Å². The number of nitrogen functional groups attached to an aromatic ring is 1. The topological polar surface area (TPSA) is 129 Å². The van der Waals surface area contributed by atoms with Gasteiger partial charge < -0.3 is 20.9 Å². The van der Waals surface area contributed by atoms with Crippen LogP contribution >= 0.6 is 0 Å².